The Labute approximate surface area is 147 Å². The fourth-order valence-electron chi connectivity index (χ4n) is 2.54. The van der Waals surface area contributed by atoms with Crippen LogP contribution in [0.4, 0.5) is 4.79 Å². The van der Waals surface area contributed by atoms with Crippen LogP contribution in [-0.2, 0) is 16.1 Å². The number of carbonyl (C=O) groups is 2. The summed E-state index contributed by atoms with van der Waals surface area (Å²) < 4.78 is 5.24. The molecule has 0 aliphatic rings. The van der Waals surface area contributed by atoms with Gasteiger partial charge in [0.1, 0.15) is 6.61 Å². The summed E-state index contributed by atoms with van der Waals surface area (Å²) in [5.74, 6) is -0.998. The molecule has 0 heterocycles. The highest BCUT2D eigenvalue weighted by Crippen LogP contribution is 2.34. The van der Waals surface area contributed by atoms with Gasteiger partial charge in [0.2, 0.25) is 0 Å². The molecule has 0 bridgehead atoms. The SMILES string of the molecule is Cc1cccc([C@H](NC(=O)OCc2ccccc2)C(C)(C)C(=O)O)c1. The molecule has 0 spiro atoms. The van der Waals surface area contributed by atoms with E-state index in [2.05, 4.69) is 5.32 Å². The smallest absolute Gasteiger partial charge is 0.407 e. The first-order chi connectivity index (χ1) is 11.8. The quantitative estimate of drug-likeness (QED) is 0.830. The van der Waals surface area contributed by atoms with Crippen LogP contribution >= 0.6 is 0 Å². The van der Waals surface area contributed by atoms with Crippen molar-refractivity contribution in [2.24, 2.45) is 5.41 Å². The summed E-state index contributed by atoms with van der Waals surface area (Å²) in [5.41, 5.74) is 1.38. The van der Waals surface area contributed by atoms with Crippen LogP contribution in [0.15, 0.2) is 54.6 Å². The summed E-state index contributed by atoms with van der Waals surface area (Å²) in [6.45, 7) is 5.21. The van der Waals surface area contributed by atoms with Crippen molar-refractivity contribution in [3.05, 3.63) is 71.3 Å². The van der Waals surface area contributed by atoms with Gasteiger partial charge >= 0.3 is 12.1 Å². The zero-order valence-electron chi connectivity index (χ0n) is 14.7. The van der Waals surface area contributed by atoms with Gasteiger partial charge in [-0.1, -0.05) is 60.2 Å². The minimum atomic E-state index is -1.19. The number of benzene rings is 2. The van der Waals surface area contributed by atoms with Crippen LogP contribution < -0.4 is 5.32 Å². The molecule has 1 atom stereocenters. The number of aliphatic carboxylic acids is 1. The third-order valence-corrected chi connectivity index (χ3v) is 4.12. The summed E-state index contributed by atoms with van der Waals surface area (Å²) in [5, 5.41) is 12.3. The Morgan fingerprint density at radius 2 is 1.80 bits per heavy atom. The summed E-state index contributed by atoms with van der Waals surface area (Å²) in [6.07, 6.45) is -0.648. The van der Waals surface area contributed by atoms with Crippen molar-refractivity contribution in [2.75, 3.05) is 0 Å². The number of rotatable bonds is 6. The van der Waals surface area contributed by atoms with Gasteiger partial charge in [0.15, 0.2) is 0 Å². The molecule has 0 fully saturated rings. The number of alkyl carbamates (subject to hydrolysis) is 1. The molecule has 0 aromatic heterocycles. The first kappa shape index (κ1) is 18.5. The van der Waals surface area contributed by atoms with Crippen molar-refractivity contribution in [3.8, 4) is 0 Å². The first-order valence-corrected chi connectivity index (χ1v) is 8.08. The molecule has 5 heteroatoms. The van der Waals surface area contributed by atoms with E-state index in [-0.39, 0.29) is 6.61 Å². The largest absolute Gasteiger partial charge is 0.481 e. The molecule has 0 radical (unpaired) electrons. The zero-order valence-corrected chi connectivity index (χ0v) is 14.7. The van der Waals surface area contributed by atoms with E-state index in [4.69, 9.17) is 4.74 Å². The summed E-state index contributed by atoms with van der Waals surface area (Å²) in [7, 11) is 0. The van der Waals surface area contributed by atoms with E-state index in [1.165, 1.54) is 0 Å². The lowest BCUT2D eigenvalue weighted by Gasteiger charge is -2.31. The number of carboxylic acids is 1. The number of hydrogen-bond acceptors (Lipinski definition) is 3. The van der Waals surface area contributed by atoms with Gasteiger partial charge in [-0.25, -0.2) is 4.79 Å². The van der Waals surface area contributed by atoms with E-state index >= 15 is 0 Å². The number of ether oxygens (including phenoxy) is 1. The van der Waals surface area contributed by atoms with Crippen LogP contribution in [0.5, 0.6) is 0 Å². The van der Waals surface area contributed by atoms with Gasteiger partial charge in [0, 0.05) is 0 Å². The lowest BCUT2D eigenvalue weighted by Crippen LogP contribution is -2.42. The number of nitrogens with one attached hydrogen (secondary N) is 1. The van der Waals surface area contributed by atoms with Crippen LogP contribution in [0.3, 0.4) is 0 Å². The number of hydrogen-bond donors (Lipinski definition) is 2. The van der Waals surface area contributed by atoms with Gasteiger partial charge in [-0.2, -0.15) is 0 Å². The van der Waals surface area contributed by atoms with Gasteiger partial charge < -0.3 is 15.2 Å². The molecule has 25 heavy (non-hydrogen) atoms. The Morgan fingerprint density at radius 3 is 2.40 bits per heavy atom. The summed E-state index contributed by atoms with van der Waals surface area (Å²) in [4.78, 5) is 23.9. The molecule has 0 saturated carbocycles. The van der Waals surface area contributed by atoms with Gasteiger partial charge in [-0.3, -0.25) is 4.79 Å². The molecule has 2 rings (SSSR count). The highest BCUT2D eigenvalue weighted by molar-refractivity contribution is 5.77. The molecular formula is C20H23NO4. The van der Waals surface area contributed by atoms with Crippen LogP contribution in [0.2, 0.25) is 0 Å². The highest BCUT2D eigenvalue weighted by Gasteiger charge is 2.39. The third kappa shape index (κ3) is 4.83. The molecule has 2 aromatic rings. The molecule has 132 valence electrons. The molecule has 0 aliphatic carbocycles. The number of carbonyl (C=O) groups excluding carboxylic acids is 1. The maximum Gasteiger partial charge on any atom is 0.407 e. The Hall–Kier alpha value is -2.82. The monoisotopic (exact) mass is 341 g/mol. The Kier molecular flexibility index (Phi) is 5.80. The van der Waals surface area contributed by atoms with E-state index in [9.17, 15) is 14.7 Å². The van der Waals surface area contributed by atoms with E-state index in [0.717, 1.165) is 16.7 Å². The Bertz CT molecular complexity index is 740. The second-order valence-corrected chi connectivity index (χ2v) is 6.58. The fraction of sp³-hybridized carbons (Fsp3) is 0.300. The van der Waals surface area contributed by atoms with Crippen molar-refractivity contribution in [1.82, 2.24) is 5.32 Å². The third-order valence-electron chi connectivity index (χ3n) is 4.12. The predicted molar refractivity (Wildman–Crippen MR) is 95.1 cm³/mol. The number of carboxylic acid groups (broad SMARTS) is 1. The Balaban J connectivity index is 2.15. The predicted octanol–water partition coefficient (Wildman–Crippen LogP) is 4.07. The molecule has 2 N–H and O–H groups in total. The lowest BCUT2D eigenvalue weighted by molar-refractivity contribution is -0.148. The van der Waals surface area contributed by atoms with Crippen molar-refractivity contribution < 1.29 is 19.4 Å². The molecular weight excluding hydrogens is 318 g/mol. The minimum Gasteiger partial charge on any atom is -0.481 e. The van der Waals surface area contributed by atoms with Crippen molar-refractivity contribution in [1.29, 1.82) is 0 Å². The average Bonchev–Trinajstić information content (AvgIpc) is 2.58. The van der Waals surface area contributed by atoms with Crippen LogP contribution in [0, 0.1) is 12.3 Å². The van der Waals surface area contributed by atoms with E-state index < -0.39 is 23.5 Å². The fourth-order valence-corrected chi connectivity index (χ4v) is 2.54. The molecule has 0 aliphatic heterocycles. The second kappa shape index (κ2) is 7.83. The van der Waals surface area contributed by atoms with Gasteiger partial charge in [-0.15, -0.1) is 0 Å². The molecule has 0 unspecified atom stereocenters. The minimum absolute atomic E-state index is 0.126. The number of aryl methyl sites for hydroxylation is 1. The Morgan fingerprint density at radius 1 is 1.12 bits per heavy atom. The molecule has 0 saturated heterocycles. The molecule has 2 aromatic carbocycles. The van der Waals surface area contributed by atoms with E-state index in [1.807, 2.05) is 55.5 Å². The maximum absolute atomic E-state index is 12.2. The van der Waals surface area contributed by atoms with Crippen LogP contribution in [-0.4, -0.2) is 17.2 Å². The van der Waals surface area contributed by atoms with Crippen LogP contribution in [0.25, 0.3) is 0 Å². The molecule has 1 amide bonds. The normalized spacial score (nSPS) is 12.3. The molecule has 5 nitrogen and oxygen atoms in total. The second-order valence-electron chi connectivity index (χ2n) is 6.58. The maximum atomic E-state index is 12.2. The standard InChI is InChI=1S/C20H23NO4/c1-14-8-7-11-16(12-14)17(20(2,3)18(22)23)21-19(24)25-13-15-9-5-4-6-10-15/h4-12,17H,13H2,1-3H3,(H,21,24)(H,22,23)/t17-/m0/s1. The van der Waals surface area contributed by atoms with Gasteiger partial charge in [-0.05, 0) is 31.9 Å². The topological polar surface area (TPSA) is 75.6 Å². The van der Waals surface area contributed by atoms with Gasteiger partial charge in [0.25, 0.3) is 0 Å². The first-order valence-electron chi connectivity index (χ1n) is 8.08. The van der Waals surface area contributed by atoms with Crippen molar-refractivity contribution in [3.63, 3.8) is 0 Å². The van der Waals surface area contributed by atoms with Gasteiger partial charge in [0.05, 0.1) is 11.5 Å². The van der Waals surface area contributed by atoms with Crippen molar-refractivity contribution in [2.45, 2.75) is 33.4 Å². The highest BCUT2D eigenvalue weighted by atomic mass is 16.5. The number of amides is 1. The lowest BCUT2D eigenvalue weighted by atomic mass is 9.80. The van der Waals surface area contributed by atoms with Crippen LogP contribution in [0.1, 0.15) is 36.6 Å². The summed E-state index contributed by atoms with van der Waals surface area (Å²) in [6, 6.07) is 16.0. The van der Waals surface area contributed by atoms with E-state index in [0.29, 0.717) is 0 Å². The van der Waals surface area contributed by atoms with E-state index in [1.54, 1.807) is 19.9 Å². The average molecular weight is 341 g/mol. The summed E-state index contributed by atoms with van der Waals surface area (Å²) >= 11 is 0. The zero-order chi connectivity index (χ0) is 18.4. The van der Waals surface area contributed by atoms with Crippen molar-refractivity contribution >= 4 is 12.1 Å².